The number of methoxy groups -OCH3 is 1. The zero-order chi connectivity index (χ0) is 18.0. The van der Waals surface area contributed by atoms with Crippen LogP contribution in [0.25, 0.3) is 11.0 Å². The molecule has 0 saturated heterocycles. The van der Waals surface area contributed by atoms with Crippen LogP contribution in [0.5, 0.6) is 0 Å². The van der Waals surface area contributed by atoms with Crippen LogP contribution in [0.2, 0.25) is 0 Å². The van der Waals surface area contributed by atoms with E-state index in [4.69, 9.17) is 0 Å². The predicted octanol–water partition coefficient (Wildman–Crippen LogP) is 2.70. The van der Waals surface area contributed by atoms with Gasteiger partial charge in [0.1, 0.15) is 0 Å². The van der Waals surface area contributed by atoms with Gasteiger partial charge in [0.2, 0.25) is 5.91 Å². The number of aryl methyl sites for hydroxylation is 3. The SMILES string of the molecule is COC(=O)c1nc(NC(=O)CCc2ccc3c(c2)ncn3C)sc1C. The maximum absolute atomic E-state index is 12.1. The summed E-state index contributed by atoms with van der Waals surface area (Å²) in [5.74, 6) is -0.649. The maximum Gasteiger partial charge on any atom is 0.357 e. The van der Waals surface area contributed by atoms with E-state index in [0.29, 0.717) is 22.9 Å². The molecule has 0 aliphatic heterocycles. The molecule has 0 unspecified atom stereocenters. The van der Waals surface area contributed by atoms with Crippen LogP contribution in [0.3, 0.4) is 0 Å². The third-order valence-electron chi connectivity index (χ3n) is 3.85. The molecule has 130 valence electrons. The summed E-state index contributed by atoms with van der Waals surface area (Å²) in [5, 5.41) is 3.14. The Balaban J connectivity index is 1.61. The van der Waals surface area contributed by atoms with E-state index in [1.165, 1.54) is 18.4 Å². The van der Waals surface area contributed by atoms with Crippen molar-refractivity contribution in [3.63, 3.8) is 0 Å². The summed E-state index contributed by atoms with van der Waals surface area (Å²) < 4.78 is 6.62. The second kappa shape index (κ2) is 7.02. The van der Waals surface area contributed by atoms with Crippen molar-refractivity contribution in [1.82, 2.24) is 14.5 Å². The van der Waals surface area contributed by atoms with Gasteiger partial charge in [-0.2, -0.15) is 0 Å². The summed E-state index contributed by atoms with van der Waals surface area (Å²) in [4.78, 5) is 32.8. The van der Waals surface area contributed by atoms with Crippen LogP contribution >= 0.6 is 11.3 Å². The Labute approximate surface area is 148 Å². The highest BCUT2D eigenvalue weighted by Gasteiger charge is 2.17. The van der Waals surface area contributed by atoms with Gasteiger partial charge in [0.25, 0.3) is 0 Å². The molecule has 2 aromatic heterocycles. The number of aromatic nitrogens is 3. The van der Waals surface area contributed by atoms with Crippen LogP contribution in [0, 0.1) is 6.92 Å². The van der Waals surface area contributed by atoms with Crippen molar-refractivity contribution in [1.29, 1.82) is 0 Å². The number of ether oxygens (including phenoxy) is 1. The minimum Gasteiger partial charge on any atom is -0.464 e. The summed E-state index contributed by atoms with van der Waals surface area (Å²) in [5.41, 5.74) is 3.26. The first-order chi connectivity index (χ1) is 12.0. The number of fused-ring (bicyclic) bond motifs is 1. The fourth-order valence-corrected chi connectivity index (χ4v) is 3.33. The molecule has 0 spiro atoms. The first-order valence-electron chi connectivity index (χ1n) is 7.73. The van der Waals surface area contributed by atoms with E-state index in [1.807, 2.05) is 29.8 Å². The molecule has 3 rings (SSSR count). The van der Waals surface area contributed by atoms with Crippen molar-refractivity contribution >= 4 is 39.4 Å². The quantitative estimate of drug-likeness (QED) is 0.709. The van der Waals surface area contributed by atoms with Gasteiger partial charge in [-0.15, -0.1) is 11.3 Å². The molecule has 3 aromatic rings. The van der Waals surface area contributed by atoms with E-state index in [2.05, 4.69) is 20.0 Å². The van der Waals surface area contributed by atoms with Crippen molar-refractivity contribution < 1.29 is 14.3 Å². The van der Waals surface area contributed by atoms with Crippen molar-refractivity contribution in [2.24, 2.45) is 7.05 Å². The third-order valence-corrected chi connectivity index (χ3v) is 4.74. The monoisotopic (exact) mass is 358 g/mol. The zero-order valence-corrected chi connectivity index (χ0v) is 15.0. The lowest BCUT2D eigenvalue weighted by Crippen LogP contribution is -2.12. The minimum atomic E-state index is -0.502. The number of carbonyl (C=O) groups is 2. The molecule has 0 radical (unpaired) electrons. The highest BCUT2D eigenvalue weighted by Crippen LogP contribution is 2.23. The normalized spacial score (nSPS) is 10.8. The Morgan fingerprint density at radius 1 is 1.36 bits per heavy atom. The largest absolute Gasteiger partial charge is 0.464 e. The van der Waals surface area contributed by atoms with Crippen LogP contribution in [0.1, 0.15) is 27.3 Å². The van der Waals surface area contributed by atoms with Gasteiger partial charge in [-0.1, -0.05) is 6.07 Å². The van der Waals surface area contributed by atoms with Crippen molar-refractivity contribution in [2.45, 2.75) is 19.8 Å². The van der Waals surface area contributed by atoms with Gasteiger partial charge in [-0.05, 0) is 31.0 Å². The number of benzene rings is 1. The van der Waals surface area contributed by atoms with E-state index < -0.39 is 5.97 Å². The average Bonchev–Trinajstić information content (AvgIpc) is 3.15. The number of rotatable bonds is 5. The number of hydrogen-bond donors (Lipinski definition) is 1. The summed E-state index contributed by atoms with van der Waals surface area (Å²) in [6, 6.07) is 5.99. The molecule has 2 heterocycles. The van der Waals surface area contributed by atoms with Gasteiger partial charge in [0, 0.05) is 18.3 Å². The molecular formula is C17H18N4O3S. The zero-order valence-electron chi connectivity index (χ0n) is 14.2. The number of esters is 1. The molecule has 1 amide bonds. The second-order valence-electron chi connectivity index (χ2n) is 5.64. The van der Waals surface area contributed by atoms with E-state index in [0.717, 1.165) is 16.6 Å². The van der Waals surface area contributed by atoms with E-state index >= 15 is 0 Å². The number of thiazole rings is 1. The van der Waals surface area contributed by atoms with Gasteiger partial charge in [0.15, 0.2) is 10.8 Å². The van der Waals surface area contributed by atoms with Crippen LogP contribution in [0.4, 0.5) is 5.13 Å². The van der Waals surface area contributed by atoms with E-state index in [-0.39, 0.29) is 11.6 Å². The van der Waals surface area contributed by atoms with Gasteiger partial charge >= 0.3 is 5.97 Å². The lowest BCUT2D eigenvalue weighted by Gasteiger charge is -2.03. The van der Waals surface area contributed by atoms with Gasteiger partial charge in [0.05, 0.1) is 24.5 Å². The summed E-state index contributed by atoms with van der Waals surface area (Å²) in [6.07, 6.45) is 2.70. The molecule has 0 aliphatic rings. The van der Waals surface area contributed by atoms with Crippen LogP contribution in [-0.4, -0.2) is 33.5 Å². The summed E-state index contributed by atoms with van der Waals surface area (Å²) in [6.45, 7) is 1.77. The number of anilines is 1. The molecule has 7 nitrogen and oxygen atoms in total. The topological polar surface area (TPSA) is 86.1 Å². The van der Waals surface area contributed by atoms with Crippen LogP contribution < -0.4 is 5.32 Å². The van der Waals surface area contributed by atoms with E-state index in [1.54, 1.807) is 13.3 Å². The average molecular weight is 358 g/mol. The molecule has 1 N–H and O–H groups in total. The number of amides is 1. The highest BCUT2D eigenvalue weighted by atomic mass is 32.1. The van der Waals surface area contributed by atoms with Gasteiger partial charge in [-0.25, -0.2) is 14.8 Å². The summed E-state index contributed by atoms with van der Waals surface area (Å²) >= 11 is 1.26. The fraction of sp³-hybridized carbons (Fsp3) is 0.294. The molecule has 0 fully saturated rings. The summed E-state index contributed by atoms with van der Waals surface area (Å²) in [7, 11) is 3.25. The fourth-order valence-electron chi connectivity index (χ4n) is 2.51. The van der Waals surface area contributed by atoms with E-state index in [9.17, 15) is 9.59 Å². The molecule has 1 aromatic carbocycles. The van der Waals surface area contributed by atoms with Crippen LogP contribution in [0.15, 0.2) is 24.5 Å². The lowest BCUT2D eigenvalue weighted by molar-refractivity contribution is -0.116. The Kier molecular flexibility index (Phi) is 4.80. The molecular weight excluding hydrogens is 340 g/mol. The molecule has 0 bridgehead atoms. The van der Waals surface area contributed by atoms with Crippen molar-refractivity contribution in [3.05, 3.63) is 40.7 Å². The van der Waals surface area contributed by atoms with Gasteiger partial charge in [-0.3, -0.25) is 4.79 Å². The smallest absolute Gasteiger partial charge is 0.357 e. The molecule has 0 atom stereocenters. The number of hydrogen-bond acceptors (Lipinski definition) is 6. The van der Waals surface area contributed by atoms with Crippen molar-refractivity contribution in [2.75, 3.05) is 12.4 Å². The maximum atomic E-state index is 12.1. The predicted molar refractivity (Wildman–Crippen MR) is 95.9 cm³/mol. The standard InChI is InChI=1S/C17H18N4O3S/c1-10-15(16(23)24-3)20-17(25-10)19-14(22)7-5-11-4-6-13-12(8-11)18-9-21(13)2/h4,6,8-9H,5,7H2,1-3H3,(H,19,20,22). The number of nitrogens with zero attached hydrogens (tertiary/aromatic N) is 3. The highest BCUT2D eigenvalue weighted by molar-refractivity contribution is 7.16. The molecule has 0 saturated carbocycles. The third kappa shape index (κ3) is 3.69. The number of nitrogens with one attached hydrogen (secondary N) is 1. The Bertz CT molecular complexity index is 945. The number of carbonyl (C=O) groups excluding carboxylic acids is 2. The second-order valence-corrected chi connectivity index (χ2v) is 6.85. The first kappa shape index (κ1) is 17.1. The molecule has 8 heteroatoms. The number of imidazole rings is 1. The molecule has 0 aliphatic carbocycles. The Morgan fingerprint density at radius 2 is 2.16 bits per heavy atom. The first-order valence-corrected chi connectivity index (χ1v) is 8.55. The molecule has 25 heavy (non-hydrogen) atoms. The van der Waals surface area contributed by atoms with Crippen molar-refractivity contribution in [3.8, 4) is 0 Å². The Morgan fingerprint density at radius 3 is 2.92 bits per heavy atom. The van der Waals surface area contributed by atoms with Gasteiger partial charge < -0.3 is 14.6 Å². The minimum absolute atomic E-state index is 0.147. The van der Waals surface area contributed by atoms with Crippen LogP contribution in [-0.2, 0) is 23.0 Å². The Hall–Kier alpha value is -2.74. The lowest BCUT2D eigenvalue weighted by atomic mass is 10.1.